The fraction of sp³-hybridized carbons (Fsp3) is 0.412. The van der Waals surface area contributed by atoms with E-state index in [4.69, 9.17) is 35.5 Å². The molecule has 4 aliphatic heterocycles. The Hall–Kier alpha value is -3.86. The van der Waals surface area contributed by atoms with Crippen LogP contribution in [0.1, 0.15) is 49.1 Å². The third-order valence-corrected chi connectivity index (χ3v) is 9.72. The minimum atomic E-state index is -1.27. The SMILES string of the molecule is CC1(c2ccc(Cl)cc2F)Oc2cccc(C3CCN(Cc4nc5cc(N6CCOC6=O)ccc5n4CC4CCO4)CC3)c2O1. The van der Waals surface area contributed by atoms with Gasteiger partial charge in [0.05, 0.1) is 42.3 Å². The Morgan fingerprint density at radius 3 is 2.60 bits per heavy atom. The summed E-state index contributed by atoms with van der Waals surface area (Å²) in [6.45, 7) is 6.75. The van der Waals surface area contributed by atoms with Crippen LogP contribution in [-0.2, 0) is 28.4 Å². The number of hydrogen-bond acceptors (Lipinski definition) is 7. The number of amides is 1. The quantitative estimate of drug-likeness (QED) is 0.227. The van der Waals surface area contributed by atoms with Crippen LogP contribution in [0.25, 0.3) is 11.0 Å². The number of rotatable bonds is 7. The molecule has 3 aromatic carbocycles. The highest BCUT2D eigenvalue weighted by Gasteiger charge is 2.43. The van der Waals surface area contributed by atoms with E-state index in [0.29, 0.717) is 35.2 Å². The van der Waals surface area contributed by atoms with Gasteiger partial charge in [0, 0.05) is 29.8 Å². The van der Waals surface area contributed by atoms with E-state index < -0.39 is 11.6 Å². The Morgan fingerprint density at radius 1 is 1.02 bits per heavy atom. The van der Waals surface area contributed by atoms with Gasteiger partial charge in [-0.2, -0.15) is 0 Å². The molecule has 11 heteroatoms. The maximum Gasteiger partial charge on any atom is 0.414 e. The summed E-state index contributed by atoms with van der Waals surface area (Å²) in [5.74, 6) is 0.859. The van der Waals surface area contributed by atoms with E-state index in [2.05, 4.69) is 21.6 Å². The number of fused-ring (bicyclic) bond motifs is 2. The number of carbonyl (C=O) groups is 1. The average Bonchev–Trinajstić information content (AvgIpc) is 3.69. The van der Waals surface area contributed by atoms with E-state index in [1.54, 1.807) is 24.0 Å². The number of cyclic esters (lactones) is 1. The fourth-order valence-electron chi connectivity index (χ4n) is 6.96. The smallest absolute Gasteiger partial charge is 0.414 e. The van der Waals surface area contributed by atoms with E-state index in [-0.39, 0.29) is 18.1 Å². The van der Waals surface area contributed by atoms with Crippen LogP contribution in [0, 0.1) is 5.82 Å². The molecule has 1 amide bonds. The predicted molar refractivity (Wildman–Crippen MR) is 166 cm³/mol. The normalized spacial score (nSPS) is 23.5. The Labute approximate surface area is 265 Å². The van der Waals surface area contributed by atoms with Crippen molar-refractivity contribution in [2.75, 3.05) is 37.7 Å². The Balaban J connectivity index is 0.993. The van der Waals surface area contributed by atoms with Gasteiger partial charge in [0.25, 0.3) is 5.79 Å². The lowest BCUT2D eigenvalue weighted by molar-refractivity contribution is -0.0712. The van der Waals surface area contributed by atoms with Crippen LogP contribution in [0.4, 0.5) is 14.9 Å². The van der Waals surface area contributed by atoms with Gasteiger partial charge in [-0.15, -0.1) is 0 Å². The number of aromatic nitrogens is 2. The number of ether oxygens (including phenoxy) is 4. The second kappa shape index (κ2) is 11.2. The number of anilines is 1. The van der Waals surface area contributed by atoms with Crippen LogP contribution in [0.3, 0.4) is 0 Å². The van der Waals surface area contributed by atoms with Crippen molar-refractivity contribution in [1.29, 1.82) is 0 Å². The molecule has 3 fully saturated rings. The molecular weight excluding hydrogens is 599 g/mol. The Bertz CT molecular complexity index is 1790. The molecule has 4 aliphatic rings. The van der Waals surface area contributed by atoms with Gasteiger partial charge in [-0.25, -0.2) is 14.2 Å². The van der Waals surface area contributed by atoms with Crippen molar-refractivity contribution in [3.05, 3.63) is 82.4 Å². The topological polar surface area (TPSA) is 78.3 Å². The molecule has 5 heterocycles. The third kappa shape index (κ3) is 5.18. The van der Waals surface area contributed by atoms with E-state index in [1.165, 1.54) is 6.07 Å². The Kier molecular flexibility index (Phi) is 7.11. The molecule has 1 aromatic heterocycles. The number of imidazole rings is 1. The summed E-state index contributed by atoms with van der Waals surface area (Å²) < 4.78 is 40.7. The molecule has 45 heavy (non-hydrogen) atoms. The molecule has 0 bridgehead atoms. The van der Waals surface area contributed by atoms with Crippen molar-refractivity contribution in [2.45, 2.75) is 57.1 Å². The van der Waals surface area contributed by atoms with Crippen molar-refractivity contribution in [2.24, 2.45) is 0 Å². The van der Waals surface area contributed by atoms with E-state index >= 15 is 0 Å². The molecule has 0 aliphatic carbocycles. The highest BCUT2D eigenvalue weighted by molar-refractivity contribution is 6.30. The monoisotopic (exact) mass is 632 g/mol. The van der Waals surface area contributed by atoms with Gasteiger partial charge >= 0.3 is 6.09 Å². The standard InChI is InChI=1S/C34H34ClFN4O5/c1-34(26-7-5-22(35)17-27(26)36)44-30-4-2-3-25(32(30)45-34)21-9-12-38(13-10-21)20-31-37-28-18-23(39-14-16-43-33(39)41)6-8-29(28)40(31)19-24-11-15-42-24/h2-8,17-18,21,24H,9-16,19-20H2,1H3. The number of benzene rings is 3. The predicted octanol–water partition coefficient (Wildman–Crippen LogP) is 6.60. The minimum Gasteiger partial charge on any atom is -0.447 e. The number of hydrogen-bond donors (Lipinski definition) is 0. The first-order valence-electron chi connectivity index (χ1n) is 15.6. The molecule has 2 atom stereocenters. The zero-order chi connectivity index (χ0) is 30.7. The summed E-state index contributed by atoms with van der Waals surface area (Å²) in [7, 11) is 0. The molecule has 3 saturated heterocycles. The van der Waals surface area contributed by atoms with Gasteiger partial charge in [-0.1, -0.05) is 23.7 Å². The fourth-order valence-corrected chi connectivity index (χ4v) is 7.12. The number of halogens is 2. The van der Waals surface area contributed by atoms with Crippen LogP contribution in [-0.4, -0.2) is 59.5 Å². The highest BCUT2D eigenvalue weighted by Crippen LogP contribution is 2.50. The molecule has 0 N–H and O–H groups in total. The highest BCUT2D eigenvalue weighted by atomic mass is 35.5. The molecule has 0 radical (unpaired) electrons. The van der Waals surface area contributed by atoms with Crippen LogP contribution in [0.5, 0.6) is 11.5 Å². The summed E-state index contributed by atoms with van der Waals surface area (Å²) in [5.41, 5.74) is 4.12. The van der Waals surface area contributed by atoms with Crippen molar-refractivity contribution in [1.82, 2.24) is 14.5 Å². The number of para-hydroxylation sites is 1. The van der Waals surface area contributed by atoms with Gasteiger partial charge in [-0.05, 0) is 80.7 Å². The summed E-state index contributed by atoms with van der Waals surface area (Å²) in [5, 5.41) is 0.327. The van der Waals surface area contributed by atoms with Gasteiger partial charge in [0.2, 0.25) is 0 Å². The van der Waals surface area contributed by atoms with Crippen molar-refractivity contribution < 1.29 is 28.1 Å². The lowest BCUT2D eigenvalue weighted by Crippen LogP contribution is -2.35. The van der Waals surface area contributed by atoms with Gasteiger partial charge < -0.3 is 23.5 Å². The molecular formula is C34H34ClFN4O5. The van der Waals surface area contributed by atoms with E-state index in [0.717, 1.165) is 80.2 Å². The second-order valence-corrected chi connectivity index (χ2v) is 12.8. The minimum absolute atomic E-state index is 0.189. The summed E-state index contributed by atoms with van der Waals surface area (Å²) >= 11 is 5.99. The Morgan fingerprint density at radius 2 is 1.87 bits per heavy atom. The summed E-state index contributed by atoms with van der Waals surface area (Å²) in [6, 6.07) is 16.5. The molecule has 8 rings (SSSR count). The zero-order valence-electron chi connectivity index (χ0n) is 25.0. The van der Waals surface area contributed by atoms with Gasteiger partial charge in [0.1, 0.15) is 18.2 Å². The lowest BCUT2D eigenvalue weighted by atomic mass is 9.88. The molecule has 2 unspecified atom stereocenters. The second-order valence-electron chi connectivity index (χ2n) is 12.4. The van der Waals surface area contributed by atoms with E-state index in [9.17, 15) is 9.18 Å². The average molecular weight is 633 g/mol. The number of nitrogens with zero attached hydrogens (tertiary/aromatic N) is 4. The van der Waals surface area contributed by atoms with Crippen molar-refractivity contribution >= 4 is 34.4 Å². The van der Waals surface area contributed by atoms with E-state index in [1.807, 2.05) is 24.3 Å². The molecule has 234 valence electrons. The third-order valence-electron chi connectivity index (χ3n) is 9.49. The van der Waals surface area contributed by atoms with Crippen LogP contribution in [0.15, 0.2) is 54.6 Å². The van der Waals surface area contributed by atoms with Gasteiger partial charge in [-0.3, -0.25) is 9.80 Å². The zero-order valence-corrected chi connectivity index (χ0v) is 25.8. The van der Waals surface area contributed by atoms with Crippen LogP contribution in [0.2, 0.25) is 5.02 Å². The molecule has 0 spiro atoms. The van der Waals surface area contributed by atoms with Crippen LogP contribution < -0.4 is 14.4 Å². The lowest BCUT2D eigenvalue weighted by Gasteiger charge is -2.33. The maximum atomic E-state index is 14.9. The van der Waals surface area contributed by atoms with Crippen LogP contribution >= 0.6 is 11.6 Å². The number of likely N-dealkylation sites (tertiary alicyclic amines) is 1. The summed E-state index contributed by atoms with van der Waals surface area (Å²) in [4.78, 5) is 21.3. The largest absolute Gasteiger partial charge is 0.447 e. The maximum absolute atomic E-state index is 14.9. The summed E-state index contributed by atoms with van der Waals surface area (Å²) in [6.07, 6.45) is 2.80. The first kappa shape index (κ1) is 28.6. The van der Waals surface area contributed by atoms with Crippen molar-refractivity contribution in [3.8, 4) is 11.5 Å². The van der Waals surface area contributed by atoms with Gasteiger partial charge in [0.15, 0.2) is 11.5 Å². The molecule has 4 aromatic rings. The molecule has 0 saturated carbocycles. The first-order chi connectivity index (χ1) is 21.8. The number of piperidine rings is 1. The van der Waals surface area contributed by atoms with Crippen molar-refractivity contribution in [3.63, 3.8) is 0 Å². The number of carbonyl (C=O) groups excluding carboxylic acids is 1. The molecule has 9 nitrogen and oxygen atoms in total. The first-order valence-corrected chi connectivity index (χ1v) is 16.0.